The average molecular weight is 418 g/mol. The van der Waals surface area contributed by atoms with E-state index in [1.165, 1.54) is 17.8 Å². The molecule has 0 N–H and O–H groups in total. The molecule has 7 heteroatoms. The maximum Gasteiger partial charge on any atom is 0.196 e. The summed E-state index contributed by atoms with van der Waals surface area (Å²) in [6, 6.07) is 15.9. The van der Waals surface area contributed by atoms with Crippen molar-refractivity contribution in [3.8, 4) is 17.1 Å². The minimum Gasteiger partial charge on any atom is -0.293 e. The van der Waals surface area contributed by atoms with Crippen LogP contribution in [0, 0.1) is 19.7 Å². The highest BCUT2D eigenvalue weighted by Gasteiger charge is 2.20. The number of pyridine rings is 1. The molecule has 2 aromatic heterocycles. The maximum absolute atomic E-state index is 14.6. The fourth-order valence-corrected chi connectivity index (χ4v) is 3.97. The Morgan fingerprint density at radius 2 is 1.90 bits per heavy atom. The van der Waals surface area contributed by atoms with Crippen molar-refractivity contribution in [2.75, 3.05) is 5.75 Å². The number of Topliss-reactive ketones (excluding diaryl/α,β-unsaturated/α-hetero) is 1. The Balaban J connectivity index is 1.70. The zero-order valence-corrected chi connectivity index (χ0v) is 17.4. The highest BCUT2D eigenvalue weighted by Crippen LogP contribution is 2.29. The molecule has 30 heavy (non-hydrogen) atoms. The number of para-hydroxylation sites is 1. The van der Waals surface area contributed by atoms with Crippen LogP contribution in [-0.2, 0) is 0 Å². The lowest BCUT2D eigenvalue weighted by molar-refractivity contribution is 0.102. The number of aromatic nitrogens is 4. The lowest BCUT2D eigenvalue weighted by Crippen LogP contribution is -2.07. The van der Waals surface area contributed by atoms with E-state index < -0.39 is 5.82 Å². The summed E-state index contributed by atoms with van der Waals surface area (Å²) in [4.78, 5) is 16.9. The number of carbonyl (C=O) groups is 1. The van der Waals surface area contributed by atoms with E-state index in [0.29, 0.717) is 27.8 Å². The highest BCUT2D eigenvalue weighted by molar-refractivity contribution is 7.99. The number of nitrogens with zero attached hydrogens (tertiary/aromatic N) is 4. The van der Waals surface area contributed by atoms with Crippen molar-refractivity contribution in [1.29, 1.82) is 0 Å². The molecule has 0 fully saturated rings. The van der Waals surface area contributed by atoms with Crippen molar-refractivity contribution >= 4 is 17.5 Å². The Morgan fingerprint density at radius 3 is 2.67 bits per heavy atom. The fraction of sp³-hybridized carbons (Fsp3) is 0.130. The van der Waals surface area contributed by atoms with Crippen molar-refractivity contribution < 1.29 is 9.18 Å². The fourth-order valence-electron chi connectivity index (χ4n) is 3.14. The van der Waals surface area contributed by atoms with Crippen molar-refractivity contribution in [1.82, 2.24) is 19.7 Å². The Kier molecular flexibility index (Phi) is 5.72. The number of hydrogen-bond donors (Lipinski definition) is 0. The molecular formula is C23H19FN4OS. The van der Waals surface area contributed by atoms with Gasteiger partial charge in [0, 0.05) is 23.5 Å². The minimum atomic E-state index is -0.398. The van der Waals surface area contributed by atoms with E-state index in [1.54, 1.807) is 41.2 Å². The van der Waals surface area contributed by atoms with E-state index >= 15 is 0 Å². The maximum atomic E-state index is 14.6. The van der Waals surface area contributed by atoms with Crippen LogP contribution in [0.1, 0.15) is 21.5 Å². The molecule has 0 amide bonds. The smallest absolute Gasteiger partial charge is 0.196 e. The normalized spacial score (nSPS) is 10.9. The van der Waals surface area contributed by atoms with E-state index in [9.17, 15) is 9.18 Å². The first-order valence-electron chi connectivity index (χ1n) is 9.38. The first-order chi connectivity index (χ1) is 14.5. The van der Waals surface area contributed by atoms with E-state index in [-0.39, 0.29) is 11.5 Å². The van der Waals surface area contributed by atoms with Gasteiger partial charge in [-0.05, 0) is 49.7 Å². The summed E-state index contributed by atoms with van der Waals surface area (Å²) in [5.41, 5.74) is 3.68. The summed E-state index contributed by atoms with van der Waals surface area (Å²) < 4.78 is 16.3. The summed E-state index contributed by atoms with van der Waals surface area (Å²) in [5, 5.41) is 8.95. The molecular weight excluding hydrogens is 399 g/mol. The topological polar surface area (TPSA) is 60.7 Å². The SMILES string of the molecule is Cc1ccc(C)c(C(=O)CSc2nnc(-c3cccnc3)n2-c2ccccc2F)c1. The summed E-state index contributed by atoms with van der Waals surface area (Å²) in [7, 11) is 0. The van der Waals surface area contributed by atoms with Gasteiger partial charge in [-0.2, -0.15) is 0 Å². The zero-order chi connectivity index (χ0) is 21.1. The lowest BCUT2D eigenvalue weighted by atomic mass is 10.0. The van der Waals surface area contributed by atoms with Crippen molar-refractivity contribution in [2.45, 2.75) is 19.0 Å². The number of aryl methyl sites for hydroxylation is 2. The van der Waals surface area contributed by atoms with Gasteiger partial charge in [-0.3, -0.25) is 14.3 Å². The molecule has 0 saturated heterocycles. The molecule has 0 radical (unpaired) electrons. The molecule has 0 aliphatic rings. The molecule has 0 bridgehead atoms. The van der Waals surface area contributed by atoms with Crippen LogP contribution in [0.2, 0.25) is 0 Å². The van der Waals surface area contributed by atoms with E-state index in [0.717, 1.165) is 11.1 Å². The molecule has 0 spiro atoms. The van der Waals surface area contributed by atoms with Crippen LogP contribution in [-0.4, -0.2) is 31.3 Å². The van der Waals surface area contributed by atoms with Gasteiger partial charge in [0.1, 0.15) is 5.82 Å². The van der Waals surface area contributed by atoms with E-state index in [2.05, 4.69) is 15.2 Å². The third-order valence-corrected chi connectivity index (χ3v) is 5.60. The van der Waals surface area contributed by atoms with Gasteiger partial charge < -0.3 is 0 Å². The highest BCUT2D eigenvalue weighted by atomic mass is 32.2. The molecule has 0 unspecified atom stereocenters. The molecule has 0 aliphatic carbocycles. The van der Waals surface area contributed by atoms with Crippen LogP contribution in [0.3, 0.4) is 0 Å². The second-order valence-electron chi connectivity index (χ2n) is 6.86. The Hall–Kier alpha value is -3.32. The van der Waals surface area contributed by atoms with Crippen molar-refractivity contribution in [3.63, 3.8) is 0 Å². The number of halogens is 1. The molecule has 4 rings (SSSR count). The summed E-state index contributed by atoms with van der Waals surface area (Å²) >= 11 is 1.24. The third-order valence-electron chi connectivity index (χ3n) is 4.67. The van der Waals surface area contributed by atoms with Crippen LogP contribution in [0.15, 0.2) is 72.1 Å². The van der Waals surface area contributed by atoms with Crippen LogP contribution in [0.25, 0.3) is 17.1 Å². The van der Waals surface area contributed by atoms with Gasteiger partial charge in [0.25, 0.3) is 0 Å². The lowest BCUT2D eigenvalue weighted by Gasteiger charge is -2.11. The van der Waals surface area contributed by atoms with Crippen LogP contribution >= 0.6 is 11.8 Å². The van der Waals surface area contributed by atoms with Crippen molar-refractivity contribution in [2.24, 2.45) is 0 Å². The molecule has 2 heterocycles. The standard InChI is InChI=1S/C23H19FN4OS/c1-15-9-10-16(2)18(12-15)21(29)14-30-23-27-26-22(17-6-5-11-25-13-17)28(23)20-8-4-3-7-19(20)24/h3-13H,14H2,1-2H3. The van der Waals surface area contributed by atoms with Crippen LogP contribution in [0.4, 0.5) is 4.39 Å². The van der Waals surface area contributed by atoms with Gasteiger partial charge in [-0.25, -0.2) is 4.39 Å². The Morgan fingerprint density at radius 1 is 1.07 bits per heavy atom. The van der Waals surface area contributed by atoms with Gasteiger partial charge >= 0.3 is 0 Å². The Labute approximate surface area is 178 Å². The number of ketones is 1. The number of rotatable bonds is 6. The quantitative estimate of drug-likeness (QED) is 0.324. The van der Waals surface area contributed by atoms with Crippen LogP contribution < -0.4 is 0 Å². The molecule has 150 valence electrons. The first kappa shape index (κ1) is 20.0. The largest absolute Gasteiger partial charge is 0.293 e. The number of benzene rings is 2. The summed E-state index contributed by atoms with van der Waals surface area (Å²) in [6.07, 6.45) is 3.31. The summed E-state index contributed by atoms with van der Waals surface area (Å²) in [5.74, 6) is 0.233. The van der Waals surface area contributed by atoms with Gasteiger partial charge in [0.2, 0.25) is 0 Å². The molecule has 0 saturated carbocycles. The second-order valence-corrected chi connectivity index (χ2v) is 7.81. The van der Waals surface area contributed by atoms with Gasteiger partial charge in [0.15, 0.2) is 16.8 Å². The first-order valence-corrected chi connectivity index (χ1v) is 10.4. The van der Waals surface area contributed by atoms with Crippen LogP contribution in [0.5, 0.6) is 0 Å². The number of hydrogen-bond acceptors (Lipinski definition) is 5. The zero-order valence-electron chi connectivity index (χ0n) is 16.5. The minimum absolute atomic E-state index is 0.00721. The molecule has 0 aliphatic heterocycles. The molecule has 0 atom stereocenters. The Bertz CT molecular complexity index is 1210. The van der Waals surface area contributed by atoms with Gasteiger partial charge in [-0.1, -0.05) is 41.6 Å². The predicted octanol–water partition coefficient (Wildman–Crippen LogP) is 5.06. The molecule has 2 aromatic carbocycles. The third kappa shape index (κ3) is 4.02. The summed E-state index contributed by atoms with van der Waals surface area (Å²) in [6.45, 7) is 3.87. The van der Waals surface area contributed by atoms with E-state index in [1.807, 2.05) is 38.1 Å². The second kappa shape index (κ2) is 8.59. The monoisotopic (exact) mass is 418 g/mol. The van der Waals surface area contributed by atoms with Gasteiger partial charge in [0.05, 0.1) is 11.4 Å². The average Bonchev–Trinajstić information content (AvgIpc) is 3.18. The van der Waals surface area contributed by atoms with Gasteiger partial charge in [-0.15, -0.1) is 10.2 Å². The molecule has 5 nitrogen and oxygen atoms in total. The number of carbonyl (C=O) groups excluding carboxylic acids is 1. The molecule has 4 aromatic rings. The predicted molar refractivity (Wildman–Crippen MR) is 116 cm³/mol. The number of thioether (sulfide) groups is 1. The van der Waals surface area contributed by atoms with Crippen molar-refractivity contribution in [3.05, 3.63) is 89.5 Å². The van der Waals surface area contributed by atoms with E-state index in [4.69, 9.17) is 0 Å².